The minimum Gasteiger partial charge on any atom is -0.468 e. The largest absolute Gasteiger partial charge is 0.468 e. The highest BCUT2D eigenvalue weighted by molar-refractivity contribution is 5.77. The molecule has 0 aromatic carbocycles. The summed E-state index contributed by atoms with van der Waals surface area (Å²) < 4.78 is 4.50. The average Bonchev–Trinajstić information content (AvgIpc) is 2.16. The molecule has 0 bridgehead atoms. The van der Waals surface area contributed by atoms with Crippen LogP contribution in [0.25, 0.3) is 0 Å². The fraction of sp³-hybridized carbons (Fsp3) is 0.375. The van der Waals surface area contributed by atoms with Crippen LogP contribution in [0, 0.1) is 6.92 Å². The van der Waals surface area contributed by atoms with E-state index in [-0.39, 0.29) is 0 Å². The highest BCUT2D eigenvalue weighted by Gasteiger charge is 2.18. The standard InChI is InChI=1S/C8H11N3O2/c1-5-6(3-10-4-11-5)7(9)8(12)13-2/h3-4,7H,9H2,1-2H3. The molecule has 70 valence electrons. The highest BCUT2D eigenvalue weighted by Crippen LogP contribution is 2.12. The lowest BCUT2D eigenvalue weighted by atomic mass is 10.1. The lowest BCUT2D eigenvalue weighted by molar-refractivity contribution is -0.142. The summed E-state index contributed by atoms with van der Waals surface area (Å²) >= 11 is 0. The van der Waals surface area contributed by atoms with Crippen molar-refractivity contribution >= 4 is 5.97 Å². The molecule has 0 saturated carbocycles. The van der Waals surface area contributed by atoms with Crippen LogP contribution in [-0.4, -0.2) is 23.0 Å². The number of carbonyl (C=O) groups is 1. The molecule has 5 heteroatoms. The third kappa shape index (κ3) is 2.00. The smallest absolute Gasteiger partial charge is 0.327 e. The van der Waals surface area contributed by atoms with Crippen LogP contribution >= 0.6 is 0 Å². The molecule has 13 heavy (non-hydrogen) atoms. The van der Waals surface area contributed by atoms with Crippen LogP contribution in [0.5, 0.6) is 0 Å². The van der Waals surface area contributed by atoms with Gasteiger partial charge in [0.25, 0.3) is 0 Å². The van der Waals surface area contributed by atoms with Crippen molar-refractivity contribution in [3.8, 4) is 0 Å². The van der Waals surface area contributed by atoms with Gasteiger partial charge in [-0.15, -0.1) is 0 Å². The van der Waals surface area contributed by atoms with Gasteiger partial charge in [0.15, 0.2) is 0 Å². The molecule has 1 aromatic rings. The lowest BCUT2D eigenvalue weighted by Gasteiger charge is -2.10. The van der Waals surface area contributed by atoms with E-state index in [0.29, 0.717) is 11.3 Å². The third-order valence-corrected chi connectivity index (χ3v) is 1.74. The van der Waals surface area contributed by atoms with E-state index in [0.717, 1.165) is 0 Å². The van der Waals surface area contributed by atoms with Crippen molar-refractivity contribution in [3.05, 3.63) is 23.8 Å². The summed E-state index contributed by atoms with van der Waals surface area (Å²) in [5.74, 6) is -0.488. The highest BCUT2D eigenvalue weighted by atomic mass is 16.5. The Balaban J connectivity index is 2.95. The molecule has 1 atom stereocenters. The van der Waals surface area contributed by atoms with Gasteiger partial charge in [-0.1, -0.05) is 0 Å². The number of nitrogens with zero attached hydrogens (tertiary/aromatic N) is 2. The maximum absolute atomic E-state index is 11.1. The van der Waals surface area contributed by atoms with E-state index in [9.17, 15) is 4.79 Å². The first-order valence-electron chi connectivity index (χ1n) is 3.76. The Morgan fingerprint density at radius 2 is 2.38 bits per heavy atom. The van der Waals surface area contributed by atoms with Crippen molar-refractivity contribution < 1.29 is 9.53 Å². The first-order valence-corrected chi connectivity index (χ1v) is 3.76. The molecule has 1 heterocycles. The number of nitrogens with two attached hydrogens (primary N) is 1. The van der Waals surface area contributed by atoms with Gasteiger partial charge in [0.1, 0.15) is 12.4 Å². The Morgan fingerprint density at radius 1 is 1.69 bits per heavy atom. The van der Waals surface area contributed by atoms with Gasteiger partial charge in [-0.05, 0) is 6.92 Å². The average molecular weight is 181 g/mol. The van der Waals surface area contributed by atoms with E-state index < -0.39 is 12.0 Å². The van der Waals surface area contributed by atoms with Gasteiger partial charge in [-0.3, -0.25) is 4.79 Å². The molecule has 0 radical (unpaired) electrons. The Hall–Kier alpha value is -1.49. The molecule has 1 aromatic heterocycles. The number of ether oxygens (including phenoxy) is 1. The van der Waals surface area contributed by atoms with Crippen LogP contribution in [0.2, 0.25) is 0 Å². The van der Waals surface area contributed by atoms with E-state index in [1.54, 1.807) is 6.92 Å². The molecule has 5 nitrogen and oxygen atoms in total. The minimum absolute atomic E-state index is 0.488. The van der Waals surface area contributed by atoms with E-state index >= 15 is 0 Å². The molecule has 0 aliphatic carbocycles. The number of carbonyl (C=O) groups excluding carboxylic acids is 1. The number of hydrogen-bond donors (Lipinski definition) is 1. The zero-order chi connectivity index (χ0) is 9.84. The third-order valence-electron chi connectivity index (χ3n) is 1.74. The second kappa shape index (κ2) is 3.95. The van der Waals surface area contributed by atoms with Gasteiger partial charge in [0.2, 0.25) is 0 Å². The van der Waals surface area contributed by atoms with Gasteiger partial charge in [-0.25, -0.2) is 9.97 Å². The van der Waals surface area contributed by atoms with Gasteiger partial charge in [0.05, 0.1) is 7.11 Å². The Kier molecular flexibility index (Phi) is 2.92. The Bertz CT molecular complexity index is 314. The van der Waals surface area contributed by atoms with Crippen molar-refractivity contribution in [3.63, 3.8) is 0 Å². The molecule has 1 rings (SSSR count). The monoisotopic (exact) mass is 181 g/mol. The first kappa shape index (κ1) is 9.60. The summed E-state index contributed by atoms with van der Waals surface area (Å²) in [6, 6.07) is -0.800. The fourth-order valence-corrected chi connectivity index (χ4v) is 0.961. The van der Waals surface area contributed by atoms with Crippen molar-refractivity contribution in [2.24, 2.45) is 5.73 Å². The molecule has 0 spiro atoms. The summed E-state index contributed by atoms with van der Waals surface area (Å²) in [7, 11) is 1.29. The van der Waals surface area contributed by atoms with E-state index in [4.69, 9.17) is 5.73 Å². The molecule has 0 fully saturated rings. The molecule has 0 amide bonds. The number of aryl methyl sites for hydroxylation is 1. The summed E-state index contributed by atoms with van der Waals surface area (Å²) in [6.07, 6.45) is 2.92. The van der Waals surface area contributed by atoms with Crippen molar-refractivity contribution in [2.75, 3.05) is 7.11 Å². The SMILES string of the molecule is COC(=O)C(N)c1cncnc1C. The van der Waals surface area contributed by atoms with Gasteiger partial charge < -0.3 is 10.5 Å². The fourth-order valence-electron chi connectivity index (χ4n) is 0.961. The number of rotatable bonds is 2. The summed E-state index contributed by atoms with van der Waals surface area (Å²) in [5, 5.41) is 0. The maximum atomic E-state index is 11.1. The number of aromatic nitrogens is 2. The molecular weight excluding hydrogens is 170 g/mol. The van der Waals surface area contributed by atoms with Gasteiger partial charge in [0, 0.05) is 17.5 Å². The van der Waals surface area contributed by atoms with E-state index in [2.05, 4.69) is 14.7 Å². The zero-order valence-corrected chi connectivity index (χ0v) is 7.52. The van der Waals surface area contributed by atoms with Gasteiger partial charge in [-0.2, -0.15) is 0 Å². The van der Waals surface area contributed by atoms with Crippen LogP contribution in [0.4, 0.5) is 0 Å². The van der Waals surface area contributed by atoms with Crippen molar-refractivity contribution in [1.82, 2.24) is 9.97 Å². The summed E-state index contributed by atoms with van der Waals surface area (Å²) in [4.78, 5) is 18.8. The van der Waals surface area contributed by atoms with E-state index in [1.807, 2.05) is 0 Å². The molecule has 0 saturated heterocycles. The Morgan fingerprint density at radius 3 is 2.92 bits per heavy atom. The van der Waals surface area contributed by atoms with Crippen molar-refractivity contribution in [2.45, 2.75) is 13.0 Å². The molecular formula is C8H11N3O2. The molecule has 0 aliphatic rings. The number of esters is 1. The molecule has 2 N–H and O–H groups in total. The normalized spacial score (nSPS) is 12.2. The zero-order valence-electron chi connectivity index (χ0n) is 7.52. The predicted molar refractivity (Wildman–Crippen MR) is 45.7 cm³/mol. The second-order valence-electron chi connectivity index (χ2n) is 2.56. The lowest BCUT2D eigenvalue weighted by Crippen LogP contribution is -2.23. The van der Waals surface area contributed by atoms with Crippen LogP contribution in [0.15, 0.2) is 12.5 Å². The number of hydrogen-bond acceptors (Lipinski definition) is 5. The summed E-state index contributed by atoms with van der Waals surface area (Å²) in [5.41, 5.74) is 6.88. The van der Waals surface area contributed by atoms with Crippen LogP contribution in [0.3, 0.4) is 0 Å². The minimum atomic E-state index is -0.800. The van der Waals surface area contributed by atoms with E-state index in [1.165, 1.54) is 19.6 Å². The van der Waals surface area contributed by atoms with Crippen LogP contribution in [0.1, 0.15) is 17.3 Å². The first-order chi connectivity index (χ1) is 6.16. The second-order valence-corrected chi connectivity index (χ2v) is 2.56. The summed E-state index contributed by atoms with van der Waals surface area (Å²) in [6.45, 7) is 1.76. The Labute approximate surface area is 75.9 Å². The molecule has 0 aliphatic heterocycles. The molecule has 1 unspecified atom stereocenters. The maximum Gasteiger partial charge on any atom is 0.327 e. The topological polar surface area (TPSA) is 78.1 Å². The van der Waals surface area contributed by atoms with Gasteiger partial charge >= 0.3 is 5.97 Å². The number of methoxy groups -OCH3 is 1. The quantitative estimate of drug-likeness (QED) is 0.647. The van der Waals surface area contributed by atoms with Crippen LogP contribution in [-0.2, 0) is 9.53 Å². The van der Waals surface area contributed by atoms with Crippen molar-refractivity contribution in [1.29, 1.82) is 0 Å². The predicted octanol–water partition coefficient (Wildman–Crippen LogP) is -0.0422. The van der Waals surface area contributed by atoms with Crippen LogP contribution < -0.4 is 5.73 Å².